The predicted octanol–water partition coefficient (Wildman–Crippen LogP) is 5.26. The van der Waals surface area contributed by atoms with Crippen LogP contribution >= 0.6 is 34.2 Å². The average molecular weight is 376 g/mol. The van der Waals surface area contributed by atoms with E-state index in [1.54, 1.807) is 6.07 Å². The van der Waals surface area contributed by atoms with Crippen molar-refractivity contribution in [3.63, 3.8) is 0 Å². The smallest absolute Gasteiger partial charge is 0.142 e. The molecule has 2 rings (SSSR count). The van der Waals surface area contributed by atoms with E-state index in [1.807, 2.05) is 37.3 Å². The van der Waals surface area contributed by atoms with E-state index in [0.717, 1.165) is 14.8 Å². The van der Waals surface area contributed by atoms with E-state index in [0.29, 0.717) is 0 Å². The highest BCUT2D eigenvalue weighted by atomic mass is 127. The first-order valence-corrected chi connectivity index (χ1v) is 6.99. The first kappa shape index (κ1) is 13.6. The van der Waals surface area contributed by atoms with Crippen LogP contribution in [0.3, 0.4) is 0 Å². The second-order valence-corrected chi connectivity index (χ2v) is 5.70. The third-order valence-corrected chi connectivity index (χ3v) is 3.63. The van der Waals surface area contributed by atoms with Crippen LogP contribution in [0.25, 0.3) is 0 Å². The molecule has 0 radical (unpaired) electrons. The maximum absolute atomic E-state index is 13.4. The third-order valence-electron chi connectivity index (χ3n) is 2.65. The van der Waals surface area contributed by atoms with E-state index in [9.17, 15) is 4.39 Å². The molecule has 1 unspecified atom stereocenters. The van der Waals surface area contributed by atoms with Crippen LogP contribution < -0.4 is 5.32 Å². The number of hydrogen-bond acceptors (Lipinski definition) is 1. The van der Waals surface area contributed by atoms with Gasteiger partial charge in [0.05, 0.1) is 5.02 Å². The van der Waals surface area contributed by atoms with Crippen LogP contribution in [0.4, 0.5) is 10.1 Å². The van der Waals surface area contributed by atoms with Crippen LogP contribution in [0.1, 0.15) is 18.5 Å². The van der Waals surface area contributed by atoms with Gasteiger partial charge in [-0.25, -0.2) is 4.39 Å². The maximum atomic E-state index is 13.4. The molecule has 0 heterocycles. The molecule has 0 aliphatic carbocycles. The molecule has 0 bridgehead atoms. The van der Waals surface area contributed by atoms with Gasteiger partial charge in [-0.1, -0.05) is 23.7 Å². The summed E-state index contributed by atoms with van der Waals surface area (Å²) in [6.45, 7) is 1.99. The van der Waals surface area contributed by atoms with Crippen LogP contribution in [0, 0.1) is 9.39 Å². The molecule has 1 nitrogen and oxygen atoms in total. The Morgan fingerprint density at radius 3 is 2.67 bits per heavy atom. The molecule has 0 saturated carbocycles. The molecule has 0 fully saturated rings. The lowest BCUT2D eigenvalue weighted by molar-refractivity contribution is 0.624. The van der Waals surface area contributed by atoms with Crippen molar-refractivity contribution in [3.8, 4) is 0 Å². The SMILES string of the molecule is CC(Nc1cccc(I)c1)c1ccc(Cl)c(F)c1. The summed E-state index contributed by atoms with van der Waals surface area (Å²) in [5, 5.41) is 3.48. The minimum absolute atomic E-state index is 0.0231. The topological polar surface area (TPSA) is 12.0 Å². The summed E-state index contributed by atoms with van der Waals surface area (Å²) in [6, 6.07) is 12.9. The summed E-state index contributed by atoms with van der Waals surface area (Å²) in [7, 11) is 0. The zero-order chi connectivity index (χ0) is 13.1. The quantitative estimate of drug-likeness (QED) is 0.722. The Hall–Kier alpha value is -0.810. The fourth-order valence-electron chi connectivity index (χ4n) is 1.69. The summed E-state index contributed by atoms with van der Waals surface area (Å²) in [4.78, 5) is 0. The Labute approximate surface area is 124 Å². The second kappa shape index (κ2) is 5.89. The Morgan fingerprint density at radius 1 is 1.22 bits per heavy atom. The molecule has 1 N–H and O–H groups in total. The van der Waals surface area contributed by atoms with Crippen LogP contribution in [0.2, 0.25) is 5.02 Å². The molecule has 0 spiro atoms. The number of anilines is 1. The lowest BCUT2D eigenvalue weighted by Gasteiger charge is -2.16. The van der Waals surface area contributed by atoms with Crippen molar-refractivity contribution < 1.29 is 4.39 Å². The normalized spacial score (nSPS) is 12.2. The number of benzene rings is 2. The zero-order valence-electron chi connectivity index (χ0n) is 9.75. The van der Waals surface area contributed by atoms with Crippen molar-refractivity contribution in [2.45, 2.75) is 13.0 Å². The molecule has 0 aliphatic heterocycles. The minimum atomic E-state index is -0.384. The van der Waals surface area contributed by atoms with Gasteiger partial charge in [-0.3, -0.25) is 0 Å². The number of nitrogens with one attached hydrogen (secondary N) is 1. The van der Waals surface area contributed by atoms with Crippen molar-refractivity contribution in [3.05, 3.63) is 62.4 Å². The summed E-state index contributed by atoms with van der Waals surface area (Å²) in [5.41, 5.74) is 1.89. The van der Waals surface area contributed by atoms with E-state index < -0.39 is 0 Å². The first-order valence-electron chi connectivity index (χ1n) is 5.53. The molecular formula is C14H12ClFIN. The zero-order valence-corrected chi connectivity index (χ0v) is 12.7. The first-order chi connectivity index (χ1) is 8.56. The van der Waals surface area contributed by atoms with Gasteiger partial charge in [0.2, 0.25) is 0 Å². The van der Waals surface area contributed by atoms with Gasteiger partial charge in [0.15, 0.2) is 0 Å². The van der Waals surface area contributed by atoms with Gasteiger partial charge >= 0.3 is 0 Å². The van der Waals surface area contributed by atoms with Gasteiger partial charge in [0, 0.05) is 15.3 Å². The molecule has 0 aliphatic rings. The number of rotatable bonds is 3. The highest BCUT2D eigenvalue weighted by Gasteiger charge is 2.08. The van der Waals surface area contributed by atoms with E-state index >= 15 is 0 Å². The molecule has 4 heteroatoms. The summed E-state index contributed by atoms with van der Waals surface area (Å²) >= 11 is 7.93. The monoisotopic (exact) mass is 375 g/mol. The fourth-order valence-corrected chi connectivity index (χ4v) is 2.35. The van der Waals surface area contributed by atoms with E-state index in [2.05, 4.69) is 27.9 Å². The van der Waals surface area contributed by atoms with Crippen LogP contribution in [0.15, 0.2) is 42.5 Å². The van der Waals surface area contributed by atoms with Crippen molar-refractivity contribution >= 4 is 39.9 Å². The average Bonchev–Trinajstić information content (AvgIpc) is 2.32. The highest BCUT2D eigenvalue weighted by molar-refractivity contribution is 14.1. The predicted molar refractivity (Wildman–Crippen MR) is 82.6 cm³/mol. The lowest BCUT2D eigenvalue weighted by atomic mass is 10.1. The van der Waals surface area contributed by atoms with Gasteiger partial charge in [-0.05, 0) is 65.4 Å². The molecule has 2 aromatic rings. The van der Waals surface area contributed by atoms with Crippen molar-refractivity contribution in [2.24, 2.45) is 0 Å². The van der Waals surface area contributed by atoms with Gasteiger partial charge in [0.25, 0.3) is 0 Å². The maximum Gasteiger partial charge on any atom is 0.142 e. The minimum Gasteiger partial charge on any atom is -0.378 e. The standard InChI is InChI=1S/C14H12ClFIN/c1-9(10-5-6-13(15)14(16)7-10)18-12-4-2-3-11(17)8-12/h2-9,18H,1H3. The van der Waals surface area contributed by atoms with Crippen LogP contribution in [-0.4, -0.2) is 0 Å². The molecule has 0 aromatic heterocycles. The fraction of sp³-hybridized carbons (Fsp3) is 0.143. The van der Waals surface area contributed by atoms with Gasteiger partial charge < -0.3 is 5.32 Å². The summed E-state index contributed by atoms with van der Waals surface area (Å²) in [6.07, 6.45) is 0. The number of hydrogen-bond donors (Lipinski definition) is 1. The summed E-state index contributed by atoms with van der Waals surface area (Å²) in [5.74, 6) is -0.384. The largest absolute Gasteiger partial charge is 0.378 e. The summed E-state index contributed by atoms with van der Waals surface area (Å²) < 4.78 is 14.5. The Kier molecular flexibility index (Phi) is 4.45. The van der Waals surface area contributed by atoms with E-state index in [-0.39, 0.29) is 16.9 Å². The van der Waals surface area contributed by atoms with Crippen LogP contribution in [-0.2, 0) is 0 Å². The van der Waals surface area contributed by atoms with Gasteiger partial charge in [-0.2, -0.15) is 0 Å². The Bertz CT molecular complexity index is 559. The molecule has 0 amide bonds. The number of halogens is 3. The van der Waals surface area contributed by atoms with Gasteiger partial charge in [0.1, 0.15) is 5.82 Å². The van der Waals surface area contributed by atoms with Crippen molar-refractivity contribution in [2.75, 3.05) is 5.32 Å². The van der Waals surface area contributed by atoms with E-state index in [1.165, 1.54) is 6.07 Å². The van der Waals surface area contributed by atoms with Crippen LogP contribution in [0.5, 0.6) is 0 Å². The second-order valence-electron chi connectivity index (χ2n) is 4.05. The molecule has 1 atom stereocenters. The van der Waals surface area contributed by atoms with Gasteiger partial charge in [-0.15, -0.1) is 0 Å². The molecular weight excluding hydrogens is 364 g/mol. The Balaban J connectivity index is 2.16. The Morgan fingerprint density at radius 2 is 2.00 bits per heavy atom. The lowest BCUT2D eigenvalue weighted by Crippen LogP contribution is -2.07. The van der Waals surface area contributed by atoms with E-state index in [4.69, 9.17) is 11.6 Å². The molecule has 94 valence electrons. The van der Waals surface area contributed by atoms with Crippen molar-refractivity contribution in [1.29, 1.82) is 0 Å². The molecule has 2 aromatic carbocycles. The molecule has 0 saturated heterocycles. The van der Waals surface area contributed by atoms with Crippen molar-refractivity contribution in [1.82, 2.24) is 0 Å². The molecule has 18 heavy (non-hydrogen) atoms. The highest BCUT2D eigenvalue weighted by Crippen LogP contribution is 2.23. The third kappa shape index (κ3) is 3.36.